The van der Waals surface area contributed by atoms with Crippen LogP contribution in [0.5, 0.6) is 5.75 Å². The standard InChI is InChI=1S/C33H40N8O2/c1-22(2)25-9-10-26(34-18-25)21-41-29-8-6-7-28(32(29)24(4)37-41)36-33(42)30-19-35-31-17-27(11-12-40(30)31)43-16-15-39-14-13-38(5)23(3)20-39/h6-12,17-19,22-23H,13-16,20-21H2,1-5H3,(H,36,42). The van der Waals surface area contributed by atoms with E-state index in [-0.39, 0.29) is 5.91 Å². The number of benzene rings is 1. The van der Waals surface area contributed by atoms with E-state index >= 15 is 0 Å². The molecule has 1 fully saturated rings. The van der Waals surface area contributed by atoms with Crippen LogP contribution in [0, 0.1) is 6.92 Å². The van der Waals surface area contributed by atoms with Gasteiger partial charge in [0, 0.05) is 56.1 Å². The summed E-state index contributed by atoms with van der Waals surface area (Å²) in [6, 6.07) is 14.4. The van der Waals surface area contributed by atoms with E-state index in [2.05, 4.69) is 65.0 Å². The minimum atomic E-state index is -0.240. The summed E-state index contributed by atoms with van der Waals surface area (Å²) in [6.45, 7) is 13.8. The van der Waals surface area contributed by atoms with Gasteiger partial charge in [0.15, 0.2) is 0 Å². The Kier molecular flexibility index (Phi) is 8.14. The van der Waals surface area contributed by atoms with E-state index in [1.807, 2.05) is 54.3 Å². The van der Waals surface area contributed by atoms with Crippen LogP contribution in [0.15, 0.2) is 61.1 Å². The first kappa shape index (κ1) is 28.8. The van der Waals surface area contributed by atoms with Gasteiger partial charge in [-0.1, -0.05) is 26.0 Å². The molecular weight excluding hydrogens is 540 g/mol. The highest BCUT2D eigenvalue weighted by atomic mass is 16.5. The molecule has 1 atom stereocenters. The highest BCUT2D eigenvalue weighted by molar-refractivity contribution is 6.08. The molecule has 4 aromatic heterocycles. The summed E-state index contributed by atoms with van der Waals surface area (Å²) in [6.07, 6.45) is 5.37. The number of ether oxygens (including phenoxy) is 1. The van der Waals surface area contributed by atoms with E-state index in [0.717, 1.165) is 54.2 Å². The van der Waals surface area contributed by atoms with Crippen LogP contribution in [0.25, 0.3) is 16.6 Å². The third kappa shape index (κ3) is 6.11. The lowest BCUT2D eigenvalue weighted by Gasteiger charge is -2.37. The van der Waals surface area contributed by atoms with Gasteiger partial charge >= 0.3 is 0 Å². The number of amides is 1. The number of piperazine rings is 1. The molecule has 0 radical (unpaired) electrons. The largest absolute Gasteiger partial charge is 0.492 e. The van der Waals surface area contributed by atoms with Crippen LogP contribution in [0.3, 0.4) is 0 Å². The van der Waals surface area contributed by atoms with Crippen LogP contribution >= 0.6 is 0 Å². The van der Waals surface area contributed by atoms with Gasteiger partial charge in [-0.15, -0.1) is 0 Å². The highest BCUT2D eigenvalue weighted by Crippen LogP contribution is 2.28. The zero-order valence-corrected chi connectivity index (χ0v) is 25.6. The van der Waals surface area contributed by atoms with Gasteiger partial charge in [-0.05, 0) is 56.6 Å². The van der Waals surface area contributed by atoms with Crippen LogP contribution in [-0.2, 0) is 6.54 Å². The molecule has 5 aromatic rings. The summed E-state index contributed by atoms with van der Waals surface area (Å²) in [7, 11) is 2.18. The number of likely N-dealkylation sites (N-methyl/N-ethyl adjacent to an activating group) is 1. The molecule has 0 spiro atoms. The van der Waals surface area contributed by atoms with E-state index in [9.17, 15) is 4.79 Å². The molecule has 1 saturated heterocycles. The van der Waals surface area contributed by atoms with Gasteiger partial charge < -0.3 is 15.0 Å². The summed E-state index contributed by atoms with van der Waals surface area (Å²) in [4.78, 5) is 27.4. The highest BCUT2D eigenvalue weighted by Gasteiger charge is 2.21. The van der Waals surface area contributed by atoms with Crippen molar-refractivity contribution in [2.75, 3.05) is 45.2 Å². The first-order chi connectivity index (χ1) is 20.8. The van der Waals surface area contributed by atoms with Crippen molar-refractivity contribution in [3.63, 3.8) is 0 Å². The Hall–Kier alpha value is -4.28. The number of hydrogen-bond donors (Lipinski definition) is 1. The topological polar surface area (TPSA) is 92.8 Å². The normalized spacial score (nSPS) is 16.4. The summed E-state index contributed by atoms with van der Waals surface area (Å²) in [5, 5.41) is 8.79. The average Bonchev–Trinajstić information content (AvgIpc) is 3.56. The lowest BCUT2D eigenvalue weighted by atomic mass is 10.1. The number of aromatic nitrogens is 5. The first-order valence-corrected chi connectivity index (χ1v) is 15.0. The van der Waals surface area contributed by atoms with Gasteiger partial charge in [0.25, 0.3) is 5.91 Å². The van der Waals surface area contributed by atoms with Crippen molar-refractivity contribution in [3.05, 3.63) is 83.7 Å². The number of carbonyl (C=O) groups excluding carboxylic acids is 1. The molecule has 0 aliphatic carbocycles. The fourth-order valence-electron chi connectivity index (χ4n) is 5.70. The van der Waals surface area contributed by atoms with E-state index < -0.39 is 0 Å². The van der Waals surface area contributed by atoms with Crippen LogP contribution in [0.4, 0.5) is 5.69 Å². The third-order valence-corrected chi connectivity index (χ3v) is 8.46. The molecule has 1 amide bonds. The summed E-state index contributed by atoms with van der Waals surface area (Å²) >= 11 is 0. The number of rotatable bonds is 9. The Labute approximate surface area is 252 Å². The maximum atomic E-state index is 13.5. The molecule has 1 aliphatic heterocycles. The maximum absolute atomic E-state index is 13.5. The van der Waals surface area contributed by atoms with Crippen molar-refractivity contribution in [2.24, 2.45) is 0 Å². The van der Waals surface area contributed by atoms with Crippen molar-refractivity contribution in [1.29, 1.82) is 0 Å². The Bertz CT molecular complexity index is 1740. The molecule has 0 saturated carbocycles. The van der Waals surface area contributed by atoms with Crippen LogP contribution in [-0.4, -0.2) is 85.7 Å². The molecule has 1 unspecified atom stereocenters. The SMILES string of the molecule is Cc1nn(Cc2ccc(C(C)C)cn2)c2cccc(NC(=O)c3cnc4cc(OCCN5CCN(C)C(C)C5)ccn34)c12. The Morgan fingerprint density at radius 2 is 1.98 bits per heavy atom. The number of fused-ring (bicyclic) bond motifs is 2. The van der Waals surface area contributed by atoms with E-state index in [1.165, 1.54) is 5.56 Å². The van der Waals surface area contributed by atoms with Crippen molar-refractivity contribution in [1.82, 2.24) is 33.9 Å². The number of nitrogens with one attached hydrogen (secondary N) is 1. The number of anilines is 1. The zero-order valence-electron chi connectivity index (χ0n) is 25.6. The predicted octanol–water partition coefficient (Wildman–Crippen LogP) is 4.83. The fourth-order valence-corrected chi connectivity index (χ4v) is 5.70. The molecule has 1 aromatic carbocycles. The van der Waals surface area contributed by atoms with Crippen molar-refractivity contribution in [3.8, 4) is 5.75 Å². The van der Waals surface area contributed by atoms with Crippen molar-refractivity contribution >= 4 is 28.1 Å². The maximum Gasteiger partial charge on any atom is 0.274 e. The summed E-state index contributed by atoms with van der Waals surface area (Å²) < 4.78 is 9.77. The molecule has 0 bridgehead atoms. The molecule has 43 heavy (non-hydrogen) atoms. The molecule has 6 rings (SSSR count). The van der Waals surface area contributed by atoms with Gasteiger partial charge in [0.1, 0.15) is 23.7 Å². The Morgan fingerprint density at radius 3 is 2.74 bits per heavy atom. The number of pyridine rings is 2. The van der Waals surface area contributed by atoms with Gasteiger partial charge in [-0.3, -0.25) is 23.8 Å². The second-order valence-electron chi connectivity index (χ2n) is 11.8. The van der Waals surface area contributed by atoms with Crippen LogP contribution in [0.2, 0.25) is 0 Å². The number of imidazole rings is 1. The van der Waals surface area contributed by atoms with Crippen LogP contribution < -0.4 is 10.1 Å². The number of nitrogens with zero attached hydrogens (tertiary/aromatic N) is 7. The first-order valence-electron chi connectivity index (χ1n) is 15.0. The van der Waals surface area contributed by atoms with E-state index in [0.29, 0.717) is 42.1 Å². The zero-order chi connectivity index (χ0) is 30.1. The summed E-state index contributed by atoms with van der Waals surface area (Å²) in [5.41, 5.74) is 5.75. The Morgan fingerprint density at radius 1 is 1.12 bits per heavy atom. The molecule has 10 heteroatoms. The average molecular weight is 581 g/mol. The predicted molar refractivity (Wildman–Crippen MR) is 169 cm³/mol. The van der Waals surface area contributed by atoms with E-state index in [1.54, 1.807) is 10.6 Å². The lowest BCUT2D eigenvalue weighted by molar-refractivity contribution is 0.0928. The smallest absolute Gasteiger partial charge is 0.274 e. The third-order valence-electron chi connectivity index (χ3n) is 8.46. The van der Waals surface area contributed by atoms with Crippen LogP contribution in [0.1, 0.15) is 54.1 Å². The number of carbonyl (C=O) groups is 1. The molecule has 1 N–H and O–H groups in total. The van der Waals surface area contributed by atoms with Crippen molar-refractivity contribution < 1.29 is 9.53 Å². The van der Waals surface area contributed by atoms with Crippen molar-refractivity contribution in [2.45, 2.75) is 46.2 Å². The second kappa shape index (κ2) is 12.1. The van der Waals surface area contributed by atoms with Gasteiger partial charge in [-0.2, -0.15) is 5.10 Å². The van der Waals surface area contributed by atoms with Gasteiger partial charge in [-0.25, -0.2) is 4.98 Å². The fraction of sp³-hybridized carbons (Fsp3) is 0.394. The Balaban J connectivity index is 1.14. The van der Waals surface area contributed by atoms with Gasteiger partial charge in [0.2, 0.25) is 0 Å². The minimum Gasteiger partial charge on any atom is -0.492 e. The molecule has 1 aliphatic rings. The van der Waals surface area contributed by atoms with E-state index in [4.69, 9.17) is 9.84 Å². The monoisotopic (exact) mass is 580 g/mol. The number of aryl methyl sites for hydroxylation is 1. The lowest BCUT2D eigenvalue weighted by Crippen LogP contribution is -2.50. The quantitative estimate of drug-likeness (QED) is 0.267. The molecule has 10 nitrogen and oxygen atoms in total. The molecule has 224 valence electrons. The minimum absolute atomic E-state index is 0.240. The van der Waals surface area contributed by atoms with Gasteiger partial charge in [0.05, 0.1) is 35.3 Å². The number of hydrogen-bond acceptors (Lipinski definition) is 7. The molecule has 5 heterocycles. The molecular formula is C33H40N8O2. The summed E-state index contributed by atoms with van der Waals surface area (Å²) in [5.74, 6) is 0.939. The second-order valence-corrected chi connectivity index (χ2v) is 11.8.